The summed E-state index contributed by atoms with van der Waals surface area (Å²) in [6.07, 6.45) is 3.69. The van der Waals surface area contributed by atoms with Crippen LogP contribution in [0.1, 0.15) is 44.7 Å². The second-order valence-electron chi connectivity index (χ2n) is 6.89. The van der Waals surface area contributed by atoms with Crippen molar-refractivity contribution < 1.29 is 9.47 Å². The molecule has 1 N–H and O–H groups in total. The van der Waals surface area contributed by atoms with Gasteiger partial charge < -0.3 is 14.8 Å². The van der Waals surface area contributed by atoms with Gasteiger partial charge >= 0.3 is 0 Å². The van der Waals surface area contributed by atoms with Crippen LogP contribution in [0.25, 0.3) is 0 Å². The fourth-order valence-electron chi connectivity index (χ4n) is 2.47. The van der Waals surface area contributed by atoms with Crippen molar-refractivity contribution in [3.05, 3.63) is 35.4 Å². The molecular formula is C18H29NO2. The molecule has 1 saturated heterocycles. The third-order valence-electron chi connectivity index (χ3n) is 3.69. The van der Waals surface area contributed by atoms with Crippen molar-refractivity contribution in [3.63, 3.8) is 0 Å². The summed E-state index contributed by atoms with van der Waals surface area (Å²) in [5.74, 6) is 0. The van der Waals surface area contributed by atoms with Crippen LogP contribution in [0.15, 0.2) is 24.3 Å². The lowest BCUT2D eigenvalue weighted by atomic mass is 10.1. The van der Waals surface area contributed by atoms with Crippen LogP contribution in [0.3, 0.4) is 0 Å². The van der Waals surface area contributed by atoms with Gasteiger partial charge in [-0.3, -0.25) is 0 Å². The lowest BCUT2D eigenvalue weighted by Gasteiger charge is -2.20. The molecule has 0 radical (unpaired) electrons. The highest BCUT2D eigenvalue weighted by molar-refractivity contribution is 5.22. The lowest BCUT2D eigenvalue weighted by Crippen LogP contribution is -2.37. The van der Waals surface area contributed by atoms with E-state index in [0.717, 1.165) is 32.6 Å². The summed E-state index contributed by atoms with van der Waals surface area (Å²) < 4.78 is 11.3. The first-order valence-electron chi connectivity index (χ1n) is 8.05. The van der Waals surface area contributed by atoms with Crippen molar-refractivity contribution in [1.29, 1.82) is 0 Å². The first-order valence-corrected chi connectivity index (χ1v) is 8.05. The second-order valence-corrected chi connectivity index (χ2v) is 6.89. The Morgan fingerprint density at radius 3 is 2.52 bits per heavy atom. The summed E-state index contributed by atoms with van der Waals surface area (Å²) in [4.78, 5) is 0. The van der Waals surface area contributed by atoms with Gasteiger partial charge in [-0.15, -0.1) is 0 Å². The van der Waals surface area contributed by atoms with E-state index < -0.39 is 0 Å². The van der Waals surface area contributed by atoms with Gasteiger partial charge in [-0.1, -0.05) is 24.3 Å². The zero-order valence-electron chi connectivity index (χ0n) is 13.7. The Bertz CT molecular complexity index is 402. The molecule has 1 unspecified atom stereocenters. The van der Waals surface area contributed by atoms with Crippen LogP contribution in [0.4, 0.5) is 0 Å². The van der Waals surface area contributed by atoms with Gasteiger partial charge in [0, 0.05) is 12.1 Å². The first-order chi connectivity index (χ1) is 10.0. The summed E-state index contributed by atoms with van der Waals surface area (Å²) in [6, 6.07) is 8.74. The maximum absolute atomic E-state index is 5.73. The topological polar surface area (TPSA) is 30.5 Å². The van der Waals surface area contributed by atoms with Crippen LogP contribution in [0.5, 0.6) is 0 Å². The molecule has 2 rings (SSSR count). The van der Waals surface area contributed by atoms with Crippen molar-refractivity contribution in [2.24, 2.45) is 0 Å². The highest BCUT2D eigenvalue weighted by Crippen LogP contribution is 2.13. The molecule has 0 aliphatic carbocycles. The van der Waals surface area contributed by atoms with E-state index in [2.05, 4.69) is 50.4 Å². The second kappa shape index (κ2) is 7.92. The lowest BCUT2D eigenvalue weighted by molar-refractivity contribution is 0.0106. The molecule has 0 spiro atoms. The Labute approximate surface area is 129 Å². The van der Waals surface area contributed by atoms with Gasteiger partial charge in [0.05, 0.1) is 19.3 Å². The van der Waals surface area contributed by atoms with Crippen LogP contribution in [-0.4, -0.2) is 31.4 Å². The van der Waals surface area contributed by atoms with Gasteiger partial charge in [-0.25, -0.2) is 0 Å². The van der Waals surface area contributed by atoms with Gasteiger partial charge in [-0.05, 0) is 57.7 Å². The van der Waals surface area contributed by atoms with E-state index in [0.29, 0.717) is 12.7 Å². The maximum Gasteiger partial charge on any atom is 0.0809 e. The minimum Gasteiger partial charge on any atom is -0.376 e. The Hall–Kier alpha value is -0.900. The zero-order chi connectivity index (χ0) is 15.1. The van der Waals surface area contributed by atoms with E-state index in [1.165, 1.54) is 17.5 Å². The van der Waals surface area contributed by atoms with Crippen molar-refractivity contribution >= 4 is 0 Å². The van der Waals surface area contributed by atoms with Crippen molar-refractivity contribution in [2.75, 3.05) is 19.8 Å². The molecule has 1 aromatic carbocycles. The molecular weight excluding hydrogens is 262 g/mol. The standard InChI is InChI=1S/C18H29NO2/c1-18(2,3)19-11-10-15-6-8-16(9-7-15)13-20-14-17-5-4-12-21-17/h6-9,17,19H,4-5,10-14H2,1-3H3. The van der Waals surface area contributed by atoms with E-state index in [-0.39, 0.29) is 5.54 Å². The minimum atomic E-state index is 0.191. The third-order valence-corrected chi connectivity index (χ3v) is 3.69. The normalized spacial score (nSPS) is 19.1. The van der Waals surface area contributed by atoms with Gasteiger partial charge in [0.1, 0.15) is 0 Å². The molecule has 21 heavy (non-hydrogen) atoms. The Kier molecular flexibility index (Phi) is 6.22. The SMILES string of the molecule is CC(C)(C)NCCc1ccc(COCC2CCCO2)cc1. The molecule has 1 heterocycles. The predicted molar refractivity (Wildman–Crippen MR) is 86.5 cm³/mol. The van der Waals surface area contributed by atoms with Crippen LogP contribution < -0.4 is 5.32 Å². The van der Waals surface area contributed by atoms with Crippen LogP contribution in [-0.2, 0) is 22.5 Å². The first kappa shape index (κ1) is 16.5. The summed E-state index contributed by atoms with van der Waals surface area (Å²) in [5, 5.41) is 3.51. The van der Waals surface area contributed by atoms with Gasteiger partial charge in [0.25, 0.3) is 0 Å². The minimum absolute atomic E-state index is 0.191. The van der Waals surface area contributed by atoms with Crippen molar-refractivity contribution in [2.45, 2.75) is 58.3 Å². The molecule has 0 aromatic heterocycles. The molecule has 0 saturated carbocycles. The number of benzene rings is 1. The van der Waals surface area contributed by atoms with Crippen LogP contribution in [0, 0.1) is 0 Å². The molecule has 1 atom stereocenters. The highest BCUT2D eigenvalue weighted by atomic mass is 16.5. The predicted octanol–water partition coefficient (Wildman–Crippen LogP) is 3.31. The molecule has 1 fully saturated rings. The summed E-state index contributed by atoms with van der Waals surface area (Å²) >= 11 is 0. The molecule has 0 amide bonds. The Balaban J connectivity index is 1.66. The molecule has 0 bridgehead atoms. The maximum atomic E-state index is 5.73. The van der Waals surface area contributed by atoms with E-state index in [1.807, 2.05) is 0 Å². The smallest absolute Gasteiger partial charge is 0.0809 e. The van der Waals surface area contributed by atoms with E-state index in [1.54, 1.807) is 0 Å². The fraction of sp³-hybridized carbons (Fsp3) is 0.667. The largest absolute Gasteiger partial charge is 0.376 e. The average molecular weight is 291 g/mol. The summed E-state index contributed by atoms with van der Waals surface area (Å²) in [6.45, 7) is 9.89. The van der Waals surface area contributed by atoms with Crippen LogP contribution >= 0.6 is 0 Å². The molecule has 1 aromatic rings. The van der Waals surface area contributed by atoms with Gasteiger partial charge in [-0.2, -0.15) is 0 Å². The molecule has 3 nitrogen and oxygen atoms in total. The number of hydrogen-bond donors (Lipinski definition) is 1. The Morgan fingerprint density at radius 2 is 1.90 bits per heavy atom. The number of hydrogen-bond acceptors (Lipinski definition) is 3. The molecule has 1 aliphatic rings. The quantitative estimate of drug-likeness (QED) is 0.836. The fourth-order valence-corrected chi connectivity index (χ4v) is 2.47. The summed E-state index contributed by atoms with van der Waals surface area (Å²) in [5.41, 5.74) is 2.80. The number of nitrogens with one attached hydrogen (secondary N) is 1. The Morgan fingerprint density at radius 1 is 1.19 bits per heavy atom. The number of rotatable bonds is 7. The van der Waals surface area contributed by atoms with E-state index >= 15 is 0 Å². The molecule has 118 valence electrons. The van der Waals surface area contributed by atoms with Crippen LogP contribution in [0.2, 0.25) is 0 Å². The van der Waals surface area contributed by atoms with Crippen molar-refractivity contribution in [3.8, 4) is 0 Å². The molecule has 1 aliphatic heterocycles. The number of ether oxygens (including phenoxy) is 2. The van der Waals surface area contributed by atoms with Crippen molar-refractivity contribution in [1.82, 2.24) is 5.32 Å². The monoisotopic (exact) mass is 291 g/mol. The highest BCUT2D eigenvalue weighted by Gasteiger charge is 2.15. The zero-order valence-corrected chi connectivity index (χ0v) is 13.7. The van der Waals surface area contributed by atoms with E-state index in [4.69, 9.17) is 9.47 Å². The van der Waals surface area contributed by atoms with Gasteiger partial charge in [0.15, 0.2) is 0 Å². The third kappa shape index (κ3) is 6.60. The van der Waals surface area contributed by atoms with E-state index in [9.17, 15) is 0 Å². The average Bonchev–Trinajstić information content (AvgIpc) is 2.92. The summed E-state index contributed by atoms with van der Waals surface area (Å²) in [7, 11) is 0. The molecule has 3 heteroatoms. The van der Waals surface area contributed by atoms with Gasteiger partial charge in [0.2, 0.25) is 0 Å².